The second-order valence-electron chi connectivity index (χ2n) is 2.98. The number of hydrogen-bond donors (Lipinski definition) is 0. The van der Waals surface area contributed by atoms with E-state index >= 15 is 0 Å². The van der Waals surface area contributed by atoms with Crippen molar-refractivity contribution in [1.29, 1.82) is 0 Å². The minimum atomic E-state index is 0.333. The van der Waals surface area contributed by atoms with Gasteiger partial charge < -0.3 is 0 Å². The van der Waals surface area contributed by atoms with E-state index in [0.29, 0.717) is 12.1 Å². The lowest BCUT2D eigenvalue weighted by atomic mass is 10.1. The Bertz CT molecular complexity index is 131. The molecule has 10 heavy (non-hydrogen) atoms. The van der Waals surface area contributed by atoms with Gasteiger partial charge in [-0.15, -0.1) is 0 Å². The summed E-state index contributed by atoms with van der Waals surface area (Å²) in [6.07, 6.45) is 0.333. The highest BCUT2D eigenvalue weighted by Crippen LogP contribution is 2.18. The predicted molar refractivity (Wildman–Crippen MR) is 39.0 cm³/mol. The smallest absolute Gasteiger partial charge is 0.139 e. The molecule has 0 fully saturated rings. The topological polar surface area (TPSA) is 31.2 Å². The van der Waals surface area contributed by atoms with Crippen molar-refractivity contribution in [3.05, 3.63) is 0 Å². The predicted octanol–water partition coefficient (Wildman–Crippen LogP) is 1.13. The van der Waals surface area contributed by atoms with Gasteiger partial charge in [-0.1, -0.05) is 24.3 Å². The number of nitrogens with zero attached hydrogens (tertiary/aromatic N) is 4. The summed E-state index contributed by atoms with van der Waals surface area (Å²) in [5, 5.41) is 11.6. The first kappa shape index (κ1) is 7.31. The van der Waals surface area contributed by atoms with Gasteiger partial charge in [-0.05, 0) is 5.92 Å². The molecule has 0 aromatic heterocycles. The molecule has 0 bridgehead atoms. The van der Waals surface area contributed by atoms with Crippen molar-refractivity contribution < 1.29 is 0 Å². The molecule has 0 aromatic rings. The van der Waals surface area contributed by atoms with E-state index in [-0.39, 0.29) is 0 Å². The van der Waals surface area contributed by atoms with Gasteiger partial charge in [-0.3, -0.25) is 10.0 Å². The largest absolute Gasteiger partial charge is 0.256 e. The third-order valence-corrected chi connectivity index (χ3v) is 1.68. The van der Waals surface area contributed by atoms with Gasteiger partial charge >= 0.3 is 0 Å². The van der Waals surface area contributed by atoms with Crippen LogP contribution in [0.15, 0.2) is 10.4 Å². The fraction of sp³-hybridized carbons (Fsp3) is 1.00. The second-order valence-corrected chi connectivity index (χ2v) is 2.98. The van der Waals surface area contributed by atoms with E-state index in [1.165, 1.54) is 0 Å². The van der Waals surface area contributed by atoms with Gasteiger partial charge in [0.1, 0.15) is 6.17 Å². The van der Waals surface area contributed by atoms with Gasteiger partial charge in [0.05, 0.1) is 0 Å². The molecule has 0 spiro atoms. The van der Waals surface area contributed by atoms with Crippen molar-refractivity contribution in [3.63, 3.8) is 0 Å². The summed E-state index contributed by atoms with van der Waals surface area (Å²) in [6, 6.07) is 0. The van der Waals surface area contributed by atoms with Crippen LogP contribution in [0.25, 0.3) is 0 Å². The highest BCUT2D eigenvalue weighted by molar-refractivity contribution is 4.68. The van der Waals surface area contributed by atoms with Crippen LogP contribution in [0.5, 0.6) is 0 Å². The van der Waals surface area contributed by atoms with Crippen LogP contribution in [0.2, 0.25) is 0 Å². The van der Waals surface area contributed by atoms with E-state index < -0.39 is 0 Å². The highest BCUT2D eigenvalue weighted by Gasteiger charge is 2.26. The minimum Gasteiger partial charge on any atom is -0.256 e. The van der Waals surface area contributed by atoms with Crippen LogP contribution in [0.3, 0.4) is 0 Å². The monoisotopic (exact) mass is 142 g/mol. The van der Waals surface area contributed by atoms with Crippen LogP contribution in [-0.4, -0.2) is 30.3 Å². The van der Waals surface area contributed by atoms with E-state index in [4.69, 9.17) is 0 Å². The van der Waals surface area contributed by atoms with Gasteiger partial charge in [0, 0.05) is 14.1 Å². The molecule has 0 aromatic carbocycles. The van der Waals surface area contributed by atoms with Gasteiger partial charge in [-0.2, -0.15) is 0 Å². The molecule has 0 saturated carbocycles. The van der Waals surface area contributed by atoms with Gasteiger partial charge in [0.2, 0.25) is 0 Å². The van der Waals surface area contributed by atoms with Crippen molar-refractivity contribution in [2.45, 2.75) is 20.0 Å². The zero-order valence-electron chi connectivity index (χ0n) is 6.94. The Morgan fingerprint density at radius 1 is 1.10 bits per heavy atom. The molecule has 0 unspecified atom stereocenters. The van der Waals surface area contributed by atoms with Crippen molar-refractivity contribution in [3.8, 4) is 0 Å². The van der Waals surface area contributed by atoms with Crippen molar-refractivity contribution >= 4 is 0 Å². The highest BCUT2D eigenvalue weighted by atomic mass is 15.8. The second kappa shape index (κ2) is 2.44. The first-order chi connectivity index (χ1) is 4.63. The number of rotatable bonds is 1. The minimum absolute atomic E-state index is 0.333. The molecule has 0 N–H and O–H groups in total. The SMILES string of the molecule is CC(C)C1N(C)N=NN1C. The summed E-state index contributed by atoms with van der Waals surface area (Å²) in [5.74, 6) is 0.560. The Hall–Kier alpha value is -0.800. The van der Waals surface area contributed by atoms with Gasteiger partial charge in [0.25, 0.3) is 0 Å². The van der Waals surface area contributed by atoms with Crippen LogP contribution >= 0.6 is 0 Å². The third-order valence-electron chi connectivity index (χ3n) is 1.68. The lowest BCUT2D eigenvalue weighted by molar-refractivity contribution is 0.108. The summed E-state index contributed by atoms with van der Waals surface area (Å²) in [6.45, 7) is 4.32. The zero-order chi connectivity index (χ0) is 7.72. The van der Waals surface area contributed by atoms with Gasteiger partial charge in [0.15, 0.2) is 0 Å². The average Bonchev–Trinajstić information content (AvgIpc) is 2.11. The molecular weight excluding hydrogens is 128 g/mol. The molecule has 1 aliphatic heterocycles. The fourth-order valence-electron chi connectivity index (χ4n) is 1.34. The Morgan fingerprint density at radius 2 is 1.50 bits per heavy atom. The lowest BCUT2D eigenvalue weighted by Crippen LogP contribution is -2.38. The first-order valence-corrected chi connectivity index (χ1v) is 3.50. The van der Waals surface area contributed by atoms with E-state index in [0.717, 1.165) is 0 Å². The molecular formula is C6H14N4. The normalized spacial score (nSPS) is 19.7. The molecule has 0 saturated heterocycles. The Morgan fingerprint density at radius 3 is 1.70 bits per heavy atom. The maximum atomic E-state index is 3.90. The van der Waals surface area contributed by atoms with Crippen LogP contribution in [-0.2, 0) is 0 Å². The first-order valence-electron chi connectivity index (χ1n) is 3.50. The number of hydrogen-bond acceptors (Lipinski definition) is 4. The molecule has 4 heteroatoms. The molecule has 0 amide bonds. The van der Waals surface area contributed by atoms with Crippen LogP contribution in [0.1, 0.15) is 13.8 Å². The maximum Gasteiger partial charge on any atom is 0.139 e. The van der Waals surface area contributed by atoms with Crippen molar-refractivity contribution in [1.82, 2.24) is 10.0 Å². The zero-order valence-corrected chi connectivity index (χ0v) is 6.94. The molecule has 0 radical (unpaired) electrons. The fourth-order valence-corrected chi connectivity index (χ4v) is 1.34. The Kier molecular flexibility index (Phi) is 1.78. The molecule has 0 aliphatic carbocycles. The summed E-state index contributed by atoms with van der Waals surface area (Å²) >= 11 is 0. The molecule has 0 atom stereocenters. The molecule has 58 valence electrons. The summed E-state index contributed by atoms with van der Waals surface area (Å²) < 4.78 is 0. The van der Waals surface area contributed by atoms with Gasteiger partial charge in [-0.25, -0.2) is 0 Å². The van der Waals surface area contributed by atoms with Crippen LogP contribution in [0, 0.1) is 5.92 Å². The Labute approximate surface area is 61.5 Å². The van der Waals surface area contributed by atoms with Crippen LogP contribution in [0.4, 0.5) is 0 Å². The molecule has 1 heterocycles. The van der Waals surface area contributed by atoms with E-state index in [2.05, 4.69) is 24.3 Å². The quantitative estimate of drug-likeness (QED) is 0.549. The standard InChI is InChI=1S/C6H14N4/c1-5(2)6-9(3)7-8-10(6)4/h5-6H,1-4H3. The summed E-state index contributed by atoms with van der Waals surface area (Å²) in [5.41, 5.74) is 0. The van der Waals surface area contributed by atoms with E-state index in [9.17, 15) is 0 Å². The summed E-state index contributed by atoms with van der Waals surface area (Å²) in [4.78, 5) is 0. The average molecular weight is 142 g/mol. The van der Waals surface area contributed by atoms with E-state index in [1.54, 1.807) is 0 Å². The molecule has 1 rings (SSSR count). The Balaban J connectivity index is 2.60. The molecule has 1 aliphatic rings. The summed E-state index contributed by atoms with van der Waals surface area (Å²) in [7, 11) is 3.88. The maximum absolute atomic E-state index is 3.90. The molecule has 4 nitrogen and oxygen atoms in total. The third kappa shape index (κ3) is 1.05. The van der Waals surface area contributed by atoms with Crippen molar-refractivity contribution in [2.75, 3.05) is 14.1 Å². The lowest BCUT2D eigenvalue weighted by Gasteiger charge is -2.25. The van der Waals surface area contributed by atoms with Crippen LogP contribution < -0.4 is 0 Å². The van der Waals surface area contributed by atoms with E-state index in [1.807, 2.05) is 24.1 Å². The van der Waals surface area contributed by atoms with Crippen molar-refractivity contribution in [2.24, 2.45) is 16.4 Å².